The second-order valence-electron chi connectivity index (χ2n) is 8.56. The zero-order chi connectivity index (χ0) is 25.1. The summed E-state index contributed by atoms with van der Waals surface area (Å²) in [5.74, 6) is -0.138. The molecule has 0 aliphatic carbocycles. The minimum absolute atomic E-state index is 0.0622. The lowest BCUT2D eigenvalue weighted by Crippen LogP contribution is -2.40. The van der Waals surface area contributed by atoms with Crippen molar-refractivity contribution in [3.8, 4) is 5.75 Å². The van der Waals surface area contributed by atoms with Gasteiger partial charge >= 0.3 is 0 Å². The van der Waals surface area contributed by atoms with Crippen LogP contribution in [0, 0.1) is 5.41 Å². The van der Waals surface area contributed by atoms with Crippen LogP contribution in [0.15, 0.2) is 59.0 Å². The van der Waals surface area contributed by atoms with Gasteiger partial charge in [-0.2, -0.15) is 0 Å². The number of likely N-dealkylation sites (tertiary alicyclic amines) is 1. The Kier molecular flexibility index (Phi) is 7.35. The van der Waals surface area contributed by atoms with E-state index in [4.69, 9.17) is 15.9 Å². The van der Waals surface area contributed by atoms with Gasteiger partial charge in [-0.15, -0.1) is 0 Å². The van der Waals surface area contributed by atoms with E-state index in [9.17, 15) is 4.79 Å². The number of amidine groups is 1. The molecule has 0 bridgehead atoms. The molecule has 0 atom stereocenters. The van der Waals surface area contributed by atoms with Gasteiger partial charge in [0, 0.05) is 42.0 Å². The highest BCUT2D eigenvalue weighted by molar-refractivity contribution is 9.10. The number of halogens is 2. The van der Waals surface area contributed by atoms with Crippen molar-refractivity contribution in [1.29, 1.82) is 5.41 Å². The van der Waals surface area contributed by atoms with Crippen molar-refractivity contribution in [3.05, 3.63) is 64.5 Å². The summed E-state index contributed by atoms with van der Waals surface area (Å²) >= 11 is 3.44. The van der Waals surface area contributed by atoms with E-state index in [-0.39, 0.29) is 11.7 Å². The summed E-state index contributed by atoms with van der Waals surface area (Å²) in [4.78, 5) is 18.7. The number of hydrogen-bond donors (Lipinski definition) is 3. The largest absolute Gasteiger partial charge is 0.490 e. The molecule has 3 aromatic rings. The molecular formula is C26H27BrFN5O2. The van der Waals surface area contributed by atoms with Gasteiger partial charge < -0.3 is 20.7 Å². The van der Waals surface area contributed by atoms with Crippen LogP contribution in [0.4, 0.5) is 15.9 Å². The summed E-state index contributed by atoms with van der Waals surface area (Å²) < 4.78 is 21.7. The van der Waals surface area contributed by atoms with Crippen LogP contribution in [0.2, 0.25) is 0 Å². The quantitative estimate of drug-likeness (QED) is 0.217. The highest BCUT2D eigenvalue weighted by Gasteiger charge is 2.21. The van der Waals surface area contributed by atoms with Crippen LogP contribution in [0.25, 0.3) is 16.3 Å². The molecule has 182 valence electrons. The number of anilines is 2. The van der Waals surface area contributed by atoms with Gasteiger partial charge in [0.05, 0.1) is 11.5 Å². The monoisotopic (exact) mass is 539 g/mol. The van der Waals surface area contributed by atoms with Crippen LogP contribution in [0.5, 0.6) is 5.75 Å². The highest BCUT2D eigenvalue weighted by Crippen LogP contribution is 2.31. The van der Waals surface area contributed by atoms with Gasteiger partial charge in [0.2, 0.25) is 0 Å². The Hall–Kier alpha value is -3.46. The number of amides is 1. The molecule has 1 aliphatic heterocycles. The number of nitrogens with zero attached hydrogens (tertiary/aromatic N) is 2. The van der Waals surface area contributed by atoms with Gasteiger partial charge in [-0.25, -0.2) is 9.37 Å². The van der Waals surface area contributed by atoms with Crippen molar-refractivity contribution in [3.63, 3.8) is 0 Å². The molecule has 7 nitrogen and oxygen atoms in total. The molecule has 9 heteroatoms. The smallest absolute Gasteiger partial charge is 0.284 e. The predicted octanol–water partition coefficient (Wildman–Crippen LogP) is 5.76. The average molecular weight is 540 g/mol. The van der Waals surface area contributed by atoms with Crippen LogP contribution in [-0.4, -0.2) is 40.8 Å². The van der Waals surface area contributed by atoms with Crippen molar-refractivity contribution < 1.29 is 13.9 Å². The highest BCUT2D eigenvalue weighted by atomic mass is 79.9. The maximum Gasteiger partial charge on any atom is 0.284 e. The first-order valence-electron chi connectivity index (χ1n) is 11.3. The van der Waals surface area contributed by atoms with E-state index in [0.29, 0.717) is 38.5 Å². The summed E-state index contributed by atoms with van der Waals surface area (Å²) in [6.07, 6.45) is 3.34. The zero-order valence-electron chi connectivity index (χ0n) is 19.6. The number of benzene rings is 2. The number of ether oxygens (including phenoxy) is 1. The van der Waals surface area contributed by atoms with Crippen LogP contribution in [0.1, 0.15) is 32.3 Å². The SMILES string of the molecule is CC(=N)N1CCC(Oc2ccc(NC(=O)/C(F)=C(\C)c3ccc4ccnc(N)c4c3)c(Br)c2)CC1. The minimum Gasteiger partial charge on any atom is -0.490 e. The first kappa shape index (κ1) is 24.7. The fraction of sp³-hybridized carbons (Fsp3) is 0.269. The Balaban J connectivity index is 1.44. The molecule has 35 heavy (non-hydrogen) atoms. The second-order valence-corrected chi connectivity index (χ2v) is 9.41. The molecule has 1 amide bonds. The fourth-order valence-electron chi connectivity index (χ4n) is 4.07. The Labute approximate surface area is 211 Å². The molecule has 0 radical (unpaired) electrons. The third kappa shape index (κ3) is 5.62. The predicted molar refractivity (Wildman–Crippen MR) is 141 cm³/mol. The van der Waals surface area contributed by atoms with E-state index in [1.54, 1.807) is 50.4 Å². The fourth-order valence-corrected chi connectivity index (χ4v) is 4.53. The Morgan fingerprint density at radius 3 is 2.63 bits per heavy atom. The Morgan fingerprint density at radius 1 is 1.20 bits per heavy atom. The molecule has 2 aromatic carbocycles. The van der Waals surface area contributed by atoms with Crippen LogP contribution in [0.3, 0.4) is 0 Å². The molecule has 2 heterocycles. The van der Waals surface area contributed by atoms with E-state index in [0.717, 1.165) is 31.3 Å². The number of fused-ring (bicyclic) bond motifs is 1. The van der Waals surface area contributed by atoms with Crippen molar-refractivity contribution in [1.82, 2.24) is 9.88 Å². The molecule has 1 saturated heterocycles. The van der Waals surface area contributed by atoms with Crippen molar-refractivity contribution in [2.45, 2.75) is 32.8 Å². The molecule has 4 N–H and O–H groups in total. The molecule has 1 aromatic heterocycles. The Bertz CT molecular complexity index is 1320. The molecule has 0 unspecified atom stereocenters. The Morgan fingerprint density at radius 2 is 1.94 bits per heavy atom. The number of rotatable bonds is 5. The lowest BCUT2D eigenvalue weighted by molar-refractivity contribution is -0.114. The summed E-state index contributed by atoms with van der Waals surface area (Å²) in [6, 6.07) is 12.3. The van der Waals surface area contributed by atoms with E-state index >= 15 is 4.39 Å². The van der Waals surface area contributed by atoms with Crippen molar-refractivity contribution in [2.75, 3.05) is 24.1 Å². The minimum atomic E-state index is -0.882. The van der Waals surface area contributed by atoms with E-state index in [1.165, 1.54) is 0 Å². The zero-order valence-corrected chi connectivity index (χ0v) is 21.2. The second kappa shape index (κ2) is 10.4. The number of allylic oxidation sites excluding steroid dienone is 1. The first-order chi connectivity index (χ1) is 16.7. The number of nitrogens with one attached hydrogen (secondary N) is 2. The molecular weight excluding hydrogens is 513 g/mol. The normalized spacial score (nSPS) is 15.0. The van der Waals surface area contributed by atoms with E-state index < -0.39 is 11.7 Å². The first-order valence-corrected chi connectivity index (χ1v) is 12.1. The topological polar surface area (TPSA) is 104 Å². The summed E-state index contributed by atoms with van der Waals surface area (Å²) in [5, 5.41) is 11.9. The number of nitrogen functional groups attached to an aromatic ring is 1. The number of aromatic nitrogens is 1. The van der Waals surface area contributed by atoms with Crippen molar-refractivity contribution in [2.24, 2.45) is 0 Å². The van der Waals surface area contributed by atoms with Gasteiger partial charge in [-0.05, 0) is 76.6 Å². The summed E-state index contributed by atoms with van der Waals surface area (Å²) in [6.45, 7) is 4.93. The van der Waals surface area contributed by atoms with E-state index in [1.807, 2.05) is 17.0 Å². The van der Waals surface area contributed by atoms with Crippen LogP contribution >= 0.6 is 15.9 Å². The average Bonchev–Trinajstić information content (AvgIpc) is 2.85. The number of pyridine rings is 1. The third-order valence-electron chi connectivity index (χ3n) is 6.17. The lowest BCUT2D eigenvalue weighted by atomic mass is 10.0. The number of carbonyl (C=O) groups is 1. The number of nitrogens with two attached hydrogens (primary N) is 1. The van der Waals surface area contributed by atoms with Gasteiger partial charge in [-0.1, -0.05) is 12.1 Å². The van der Waals surface area contributed by atoms with Crippen LogP contribution in [-0.2, 0) is 4.79 Å². The molecule has 4 rings (SSSR count). The molecule has 1 aliphatic rings. The standard InChI is InChI=1S/C26H27BrFN5O2/c1-15(18-4-3-17-7-10-31-25(30)21(17)13-18)24(28)26(34)32-23-6-5-20(14-22(23)27)35-19-8-11-33(12-9-19)16(2)29/h3-7,10,13-14,19,29H,8-9,11-12H2,1-2H3,(H2,30,31)(H,32,34)/b24-15-,29-16?. The van der Waals surface area contributed by atoms with Gasteiger partial charge in [0.25, 0.3) is 5.91 Å². The van der Waals surface area contributed by atoms with Gasteiger partial charge in [0.15, 0.2) is 5.83 Å². The molecule has 0 spiro atoms. The maximum atomic E-state index is 15.0. The molecule has 0 saturated carbocycles. The van der Waals surface area contributed by atoms with Crippen molar-refractivity contribution >= 4 is 55.5 Å². The van der Waals surface area contributed by atoms with Gasteiger partial charge in [-0.3, -0.25) is 10.2 Å². The number of hydrogen-bond acceptors (Lipinski definition) is 5. The lowest BCUT2D eigenvalue weighted by Gasteiger charge is -2.32. The van der Waals surface area contributed by atoms with Crippen LogP contribution < -0.4 is 15.8 Å². The number of carbonyl (C=O) groups excluding carboxylic acids is 1. The van der Waals surface area contributed by atoms with E-state index in [2.05, 4.69) is 26.2 Å². The van der Waals surface area contributed by atoms with Gasteiger partial charge in [0.1, 0.15) is 17.7 Å². The summed E-state index contributed by atoms with van der Waals surface area (Å²) in [5.41, 5.74) is 7.14. The maximum absolute atomic E-state index is 15.0. The summed E-state index contributed by atoms with van der Waals surface area (Å²) in [7, 11) is 0. The third-order valence-corrected chi connectivity index (χ3v) is 6.82. The number of piperidine rings is 1. The molecule has 1 fully saturated rings.